The first-order valence-corrected chi connectivity index (χ1v) is 6.14. The van der Waals surface area contributed by atoms with Crippen molar-refractivity contribution in [2.24, 2.45) is 0 Å². The summed E-state index contributed by atoms with van der Waals surface area (Å²) in [7, 11) is 0. The van der Waals surface area contributed by atoms with Gasteiger partial charge in [-0.15, -0.1) is 11.6 Å². The van der Waals surface area contributed by atoms with E-state index in [9.17, 15) is 8.78 Å². The van der Waals surface area contributed by atoms with Crippen LogP contribution in [-0.2, 0) is 12.4 Å². The molecule has 0 unspecified atom stereocenters. The molecule has 0 aliphatic rings. The van der Waals surface area contributed by atoms with Gasteiger partial charge in [-0.1, -0.05) is 0 Å². The van der Waals surface area contributed by atoms with Crippen LogP contribution in [0.4, 0.5) is 8.78 Å². The number of alkyl halides is 1. The van der Waals surface area contributed by atoms with Crippen LogP contribution in [0.25, 0.3) is 0 Å². The van der Waals surface area contributed by atoms with Gasteiger partial charge in [0.25, 0.3) is 0 Å². The second-order valence-electron chi connectivity index (χ2n) is 3.43. The van der Waals surface area contributed by atoms with Gasteiger partial charge in [0, 0.05) is 18.0 Å². The highest BCUT2D eigenvalue weighted by molar-refractivity contribution is 9.10. The zero-order chi connectivity index (χ0) is 12.4. The SMILES string of the molecule is Fc1ccc(Br)c(F)c1Cn1ccnc1CCl. The van der Waals surface area contributed by atoms with Gasteiger partial charge in [-0.2, -0.15) is 0 Å². The summed E-state index contributed by atoms with van der Waals surface area (Å²) in [5.41, 5.74) is -0.0104. The summed E-state index contributed by atoms with van der Waals surface area (Å²) in [5.74, 6) is -0.408. The Balaban J connectivity index is 2.39. The molecule has 0 bridgehead atoms. The first-order valence-electron chi connectivity index (χ1n) is 4.82. The highest BCUT2D eigenvalue weighted by atomic mass is 79.9. The van der Waals surface area contributed by atoms with Gasteiger partial charge >= 0.3 is 0 Å². The van der Waals surface area contributed by atoms with E-state index in [0.717, 1.165) is 0 Å². The Hall–Kier alpha value is -0.940. The molecule has 1 heterocycles. The van der Waals surface area contributed by atoms with Crippen molar-refractivity contribution in [1.29, 1.82) is 0 Å². The predicted octanol–water partition coefficient (Wildman–Crippen LogP) is 3.71. The third-order valence-electron chi connectivity index (χ3n) is 2.39. The van der Waals surface area contributed by atoms with Crippen molar-refractivity contribution in [3.05, 3.63) is 52.0 Å². The minimum absolute atomic E-state index is 0.0104. The zero-order valence-electron chi connectivity index (χ0n) is 8.63. The molecule has 0 amide bonds. The van der Waals surface area contributed by atoms with Gasteiger partial charge in [0.2, 0.25) is 0 Å². The van der Waals surface area contributed by atoms with Crippen LogP contribution in [0.15, 0.2) is 29.0 Å². The van der Waals surface area contributed by atoms with Crippen molar-refractivity contribution >= 4 is 27.5 Å². The quantitative estimate of drug-likeness (QED) is 0.622. The molecule has 17 heavy (non-hydrogen) atoms. The van der Waals surface area contributed by atoms with Gasteiger partial charge in [-0.05, 0) is 28.1 Å². The van der Waals surface area contributed by atoms with Gasteiger partial charge in [0.05, 0.1) is 16.9 Å². The number of benzene rings is 1. The number of nitrogens with zero attached hydrogens (tertiary/aromatic N) is 2. The lowest BCUT2D eigenvalue weighted by Gasteiger charge is -2.09. The molecule has 2 rings (SSSR count). The number of hydrogen-bond donors (Lipinski definition) is 0. The predicted molar refractivity (Wildman–Crippen MR) is 64.9 cm³/mol. The van der Waals surface area contributed by atoms with E-state index in [1.54, 1.807) is 17.0 Å². The van der Waals surface area contributed by atoms with Crippen LogP contribution >= 0.6 is 27.5 Å². The van der Waals surface area contributed by atoms with E-state index < -0.39 is 11.6 Å². The van der Waals surface area contributed by atoms with E-state index in [1.165, 1.54) is 12.1 Å². The van der Waals surface area contributed by atoms with Crippen LogP contribution in [0.2, 0.25) is 0 Å². The maximum Gasteiger partial charge on any atom is 0.145 e. The Kier molecular flexibility index (Phi) is 3.79. The molecule has 2 aromatic rings. The Morgan fingerprint density at radius 3 is 2.82 bits per heavy atom. The van der Waals surface area contributed by atoms with E-state index >= 15 is 0 Å². The summed E-state index contributed by atoms with van der Waals surface area (Å²) in [5, 5.41) is 0. The maximum absolute atomic E-state index is 13.7. The fourth-order valence-electron chi connectivity index (χ4n) is 1.50. The number of halogens is 4. The lowest BCUT2D eigenvalue weighted by molar-refractivity contribution is 0.538. The van der Waals surface area contributed by atoms with Crippen molar-refractivity contribution in [2.75, 3.05) is 0 Å². The molecule has 0 aliphatic heterocycles. The Morgan fingerprint density at radius 2 is 2.12 bits per heavy atom. The Morgan fingerprint density at radius 1 is 1.35 bits per heavy atom. The van der Waals surface area contributed by atoms with E-state index in [1.807, 2.05) is 0 Å². The molecule has 2 nitrogen and oxygen atoms in total. The van der Waals surface area contributed by atoms with Crippen LogP contribution in [0.5, 0.6) is 0 Å². The molecular weight excluding hydrogens is 313 g/mol. The molecule has 90 valence electrons. The normalized spacial score (nSPS) is 10.8. The number of imidazole rings is 1. The standard InChI is InChI=1S/C11H8BrClF2N2/c12-8-1-2-9(14)7(11(8)15)6-17-4-3-16-10(17)5-13/h1-4H,5-6H2. The molecule has 0 N–H and O–H groups in total. The van der Waals surface area contributed by atoms with Gasteiger partial charge in [0.1, 0.15) is 17.5 Å². The molecule has 0 saturated carbocycles. The fourth-order valence-corrected chi connectivity index (χ4v) is 2.09. The van der Waals surface area contributed by atoms with Crippen molar-refractivity contribution in [1.82, 2.24) is 9.55 Å². The molecule has 0 radical (unpaired) electrons. The van der Waals surface area contributed by atoms with E-state index in [-0.39, 0.29) is 22.5 Å². The van der Waals surface area contributed by atoms with Crippen LogP contribution in [0.1, 0.15) is 11.4 Å². The molecule has 1 aromatic carbocycles. The summed E-state index contributed by atoms with van der Waals surface area (Å²) in [6.07, 6.45) is 3.18. The molecule has 0 saturated heterocycles. The van der Waals surface area contributed by atoms with Crippen molar-refractivity contribution < 1.29 is 8.78 Å². The van der Waals surface area contributed by atoms with Crippen LogP contribution in [0.3, 0.4) is 0 Å². The highest BCUT2D eigenvalue weighted by Gasteiger charge is 2.14. The molecule has 6 heteroatoms. The largest absolute Gasteiger partial charge is 0.329 e. The average Bonchev–Trinajstić information content (AvgIpc) is 2.77. The van der Waals surface area contributed by atoms with Gasteiger partial charge in [-0.25, -0.2) is 13.8 Å². The third-order valence-corrected chi connectivity index (χ3v) is 3.24. The lowest BCUT2D eigenvalue weighted by Crippen LogP contribution is -2.07. The Bertz CT molecular complexity index is 542. The van der Waals surface area contributed by atoms with Crippen LogP contribution in [-0.4, -0.2) is 9.55 Å². The summed E-state index contributed by atoms with van der Waals surface area (Å²) in [4.78, 5) is 3.99. The molecule has 0 spiro atoms. The van der Waals surface area contributed by atoms with Crippen molar-refractivity contribution in [3.8, 4) is 0 Å². The molecule has 0 fully saturated rings. The maximum atomic E-state index is 13.7. The second-order valence-corrected chi connectivity index (χ2v) is 4.55. The van der Waals surface area contributed by atoms with Crippen molar-refractivity contribution in [2.45, 2.75) is 12.4 Å². The fraction of sp³-hybridized carbons (Fsp3) is 0.182. The van der Waals surface area contributed by atoms with E-state index in [4.69, 9.17) is 11.6 Å². The number of rotatable bonds is 3. The zero-order valence-corrected chi connectivity index (χ0v) is 11.0. The van der Waals surface area contributed by atoms with Crippen LogP contribution in [0, 0.1) is 11.6 Å². The Labute approximate surface area is 110 Å². The number of hydrogen-bond acceptors (Lipinski definition) is 1. The topological polar surface area (TPSA) is 17.8 Å². The molecular formula is C11H8BrClF2N2. The first-order chi connectivity index (χ1) is 8.13. The third kappa shape index (κ3) is 2.50. The van der Waals surface area contributed by atoms with Crippen molar-refractivity contribution in [3.63, 3.8) is 0 Å². The first kappa shape index (κ1) is 12.5. The summed E-state index contributed by atoms with van der Waals surface area (Å²) in [6, 6.07) is 2.56. The molecule has 0 aliphatic carbocycles. The lowest BCUT2D eigenvalue weighted by atomic mass is 10.2. The minimum Gasteiger partial charge on any atom is -0.329 e. The van der Waals surface area contributed by atoms with Gasteiger partial charge < -0.3 is 4.57 Å². The monoisotopic (exact) mass is 320 g/mol. The second kappa shape index (κ2) is 5.14. The number of aromatic nitrogens is 2. The summed E-state index contributed by atoms with van der Waals surface area (Å²) in [6.45, 7) is 0.0686. The molecule has 0 atom stereocenters. The van der Waals surface area contributed by atoms with Crippen LogP contribution < -0.4 is 0 Å². The summed E-state index contributed by atoms with van der Waals surface area (Å²) < 4.78 is 29.1. The van der Waals surface area contributed by atoms with Gasteiger partial charge in [-0.3, -0.25) is 0 Å². The minimum atomic E-state index is -0.598. The van der Waals surface area contributed by atoms with E-state index in [2.05, 4.69) is 20.9 Å². The van der Waals surface area contributed by atoms with Gasteiger partial charge in [0.15, 0.2) is 0 Å². The highest BCUT2D eigenvalue weighted by Crippen LogP contribution is 2.22. The van der Waals surface area contributed by atoms with E-state index in [0.29, 0.717) is 5.82 Å². The molecule has 1 aromatic heterocycles. The summed E-state index contributed by atoms with van der Waals surface area (Å²) >= 11 is 8.70. The average molecular weight is 322 g/mol. The smallest absolute Gasteiger partial charge is 0.145 e.